The van der Waals surface area contributed by atoms with Crippen LogP contribution in [0.1, 0.15) is 46.0 Å². The molecule has 0 aromatic heterocycles. The van der Waals surface area contributed by atoms with Crippen molar-refractivity contribution in [2.75, 3.05) is 47.3 Å². The van der Waals surface area contributed by atoms with Crippen LogP contribution in [0, 0.1) is 5.41 Å². The largest absolute Gasteiger partial charge is 0.356 e. The van der Waals surface area contributed by atoms with Crippen LogP contribution in [0.4, 0.5) is 0 Å². The molecule has 1 unspecified atom stereocenters. The van der Waals surface area contributed by atoms with Gasteiger partial charge in [-0.25, -0.2) is 0 Å². The summed E-state index contributed by atoms with van der Waals surface area (Å²) >= 11 is 0. The fraction of sp³-hybridized carbons (Fsp3) is 0.938. The number of likely N-dealkylation sites (tertiary alicyclic amines) is 1. The standard InChI is InChI=1S/C16H34N4.HI/c1-6-9-16(2)10-7-13-20(14-16)15(17-3)18-11-8-12-19(4)5;/h6-14H2,1-5H3,(H,17,18);1H. The Kier molecular flexibility index (Phi) is 10.6. The molecule has 126 valence electrons. The Morgan fingerprint density at radius 3 is 2.67 bits per heavy atom. The van der Waals surface area contributed by atoms with Gasteiger partial charge in [-0.05, 0) is 51.7 Å². The van der Waals surface area contributed by atoms with Gasteiger partial charge in [0.15, 0.2) is 5.96 Å². The molecule has 1 atom stereocenters. The van der Waals surface area contributed by atoms with Gasteiger partial charge in [0.25, 0.3) is 0 Å². The first kappa shape index (κ1) is 21.0. The summed E-state index contributed by atoms with van der Waals surface area (Å²) in [5.41, 5.74) is 0.467. The summed E-state index contributed by atoms with van der Waals surface area (Å²) in [7, 11) is 6.14. The third-order valence-corrected chi connectivity index (χ3v) is 4.21. The highest BCUT2D eigenvalue weighted by Crippen LogP contribution is 2.33. The Labute approximate surface area is 148 Å². The van der Waals surface area contributed by atoms with Gasteiger partial charge in [0, 0.05) is 26.7 Å². The SMILES string of the molecule is CCCC1(C)CCCN(C(=NC)NCCCN(C)C)C1.I. The molecular formula is C16H35IN4. The average molecular weight is 410 g/mol. The van der Waals surface area contributed by atoms with Crippen LogP contribution in [0.3, 0.4) is 0 Å². The summed E-state index contributed by atoms with van der Waals surface area (Å²) in [5, 5.41) is 3.52. The fourth-order valence-electron chi connectivity index (χ4n) is 3.23. The van der Waals surface area contributed by atoms with Gasteiger partial charge in [-0.1, -0.05) is 20.3 Å². The number of nitrogens with zero attached hydrogens (tertiary/aromatic N) is 3. The molecule has 0 aromatic carbocycles. The van der Waals surface area contributed by atoms with Crippen LogP contribution in [-0.2, 0) is 0 Å². The number of rotatable bonds is 6. The maximum absolute atomic E-state index is 4.47. The number of guanidine groups is 1. The molecule has 0 bridgehead atoms. The van der Waals surface area contributed by atoms with Crippen molar-refractivity contribution in [3.05, 3.63) is 0 Å². The van der Waals surface area contributed by atoms with Crippen LogP contribution in [-0.4, -0.2) is 63.1 Å². The van der Waals surface area contributed by atoms with Gasteiger partial charge in [0.2, 0.25) is 0 Å². The summed E-state index contributed by atoms with van der Waals surface area (Å²) in [4.78, 5) is 9.15. The van der Waals surface area contributed by atoms with Gasteiger partial charge in [0.05, 0.1) is 0 Å². The van der Waals surface area contributed by atoms with Gasteiger partial charge >= 0.3 is 0 Å². The molecule has 0 saturated carbocycles. The van der Waals surface area contributed by atoms with E-state index in [0.29, 0.717) is 5.41 Å². The lowest BCUT2D eigenvalue weighted by atomic mass is 9.78. The zero-order valence-electron chi connectivity index (χ0n) is 14.6. The smallest absolute Gasteiger partial charge is 0.193 e. The van der Waals surface area contributed by atoms with E-state index >= 15 is 0 Å². The maximum Gasteiger partial charge on any atom is 0.193 e. The Bertz CT molecular complexity index is 303. The molecule has 1 heterocycles. The third-order valence-electron chi connectivity index (χ3n) is 4.21. The highest BCUT2D eigenvalue weighted by atomic mass is 127. The molecular weight excluding hydrogens is 375 g/mol. The van der Waals surface area contributed by atoms with E-state index in [1.807, 2.05) is 7.05 Å². The van der Waals surface area contributed by atoms with Crippen LogP contribution in [0.25, 0.3) is 0 Å². The summed E-state index contributed by atoms with van der Waals surface area (Å²) < 4.78 is 0. The Morgan fingerprint density at radius 1 is 1.38 bits per heavy atom. The van der Waals surface area contributed by atoms with Gasteiger partial charge in [-0.2, -0.15) is 0 Å². The molecule has 0 amide bonds. The summed E-state index contributed by atoms with van der Waals surface area (Å²) in [5.74, 6) is 1.09. The molecule has 0 aromatic rings. The van der Waals surface area contributed by atoms with E-state index in [1.165, 1.54) is 25.7 Å². The van der Waals surface area contributed by atoms with Crippen LogP contribution < -0.4 is 5.32 Å². The Balaban J connectivity index is 0.00000400. The second-order valence-electron chi connectivity index (χ2n) is 6.72. The van der Waals surface area contributed by atoms with Crippen molar-refractivity contribution in [2.24, 2.45) is 10.4 Å². The lowest BCUT2D eigenvalue weighted by Gasteiger charge is -2.42. The topological polar surface area (TPSA) is 30.9 Å². The van der Waals surface area contributed by atoms with Crippen molar-refractivity contribution in [2.45, 2.75) is 46.0 Å². The number of halogens is 1. The maximum atomic E-state index is 4.47. The van der Waals surface area contributed by atoms with Gasteiger partial charge < -0.3 is 15.1 Å². The number of hydrogen-bond donors (Lipinski definition) is 1. The molecule has 1 rings (SSSR count). The number of aliphatic imine (C=N–C) groups is 1. The number of hydrogen-bond acceptors (Lipinski definition) is 2. The van der Waals surface area contributed by atoms with Gasteiger partial charge in [-0.3, -0.25) is 4.99 Å². The summed E-state index contributed by atoms with van der Waals surface area (Å²) in [6.07, 6.45) is 6.40. The normalized spacial score (nSPS) is 23.1. The fourth-order valence-corrected chi connectivity index (χ4v) is 3.23. The van der Waals surface area contributed by atoms with Crippen LogP contribution in [0.2, 0.25) is 0 Å². The molecule has 1 saturated heterocycles. The molecule has 21 heavy (non-hydrogen) atoms. The van der Waals surface area contributed by atoms with E-state index in [2.05, 4.69) is 48.1 Å². The molecule has 0 aliphatic carbocycles. The van der Waals surface area contributed by atoms with Crippen molar-refractivity contribution in [3.8, 4) is 0 Å². The second-order valence-corrected chi connectivity index (χ2v) is 6.72. The average Bonchev–Trinajstić information content (AvgIpc) is 2.38. The predicted molar refractivity (Wildman–Crippen MR) is 104 cm³/mol. The Hall–Kier alpha value is -0.0400. The summed E-state index contributed by atoms with van der Waals surface area (Å²) in [6.45, 7) is 9.14. The molecule has 1 N–H and O–H groups in total. The molecule has 4 nitrogen and oxygen atoms in total. The Morgan fingerprint density at radius 2 is 2.10 bits per heavy atom. The molecule has 1 fully saturated rings. The minimum absolute atomic E-state index is 0. The van der Waals surface area contributed by atoms with Crippen molar-refractivity contribution in [1.82, 2.24) is 15.1 Å². The molecule has 0 radical (unpaired) electrons. The third kappa shape index (κ3) is 7.68. The van der Waals surface area contributed by atoms with E-state index in [0.717, 1.165) is 38.6 Å². The minimum Gasteiger partial charge on any atom is -0.356 e. The number of piperidine rings is 1. The van der Waals surface area contributed by atoms with Crippen molar-refractivity contribution in [3.63, 3.8) is 0 Å². The quantitative estimate of drug-likeness (QED) is 0.316. The van der Waals surface area contributed by atoms with E-state index in [9.17, 15) is 0 Å². The number of nitrogens with one attached hydrogen (secondary N) is 1. The van der Waals surface area contributed by atoms with E-state index in [1.54, 1.807) is 0 Å². The molecule has 1 aliphatic heterocycles. The zero-order chi connectivity index (χ0) is 15.0. The van der Waals surface area contributed by atoms with E-state index in [4.69, 9.17) is 0 Å². The van der Waals surface area contributed by atoms with Gasteiger partial charge in [0.1, 0.15) is 0 Å². The van der Waals surface area contributed by atoms with E-state index < -0.39 is 0 Å². The van der Waals surface area contributed by atoms with E-state index in [-0.39, 0.29) is 24.0 Å². The van der Waals surface area contributed by atoms with Crippen molar-refractivity contribution < 1.29 is 0 Å². The highest BCUT2D eigenvalue weighted by molar-refractivity contribution is 14.0. The van der Waals surface area contributed by atoms with Crippen molar-refractivity contribution >= 4 is 29.9 Å². The first-order chi connectivity index (χ1) is 9.50. The molecule has 0 spiro atoms. The monoisotopic (exact) mass is 410 g/mol. The first-order valence-corrected chi connectivity index (χ1v) is 8.11. The lowest BCUT2D eigenvalue weighted by molar-refractivity contribution is 0.142. The lowest BCUT2D eigenvalue weighted by Crippen LogP contribution is -2.50. The van der Waals surface area contributed by atoms with Crippen LogP contribution in [0.5, 0.6) is 0 Å². The minimum atomic E-state index is 0. The van der Waals surface area contributed by atoms with Crippen molar-refractivity contribution in [1.29, 1.82) is 0 Å². The zero-order valence-corrected chi connectivity index (χ0v) is 16.9. The second kappa shape index (κ2) is 10.6. The molecule has 5 heteroatoms. The van der Waals surface area contributed by atoms with Crippen LogP contribution >= 0.6 is 24.0 Å². The highest BCUT2D eigenvalue weighted by Gasteiger charge is 2.31. The predicted octanol–water partition coefficient (Wildman–Crippen LogP) is 3.03. The van der Waals surface area contributed by atoms with Crippen LogP contribution in [0.15, 0.2) is 4.99 Å². The summed E-state index contributed by atoms with van der Waals surface area (Å²) in [6, 6.07) is 0. The first-order valence-electron chi connectivity index (χ1n) is 8.11. The molecule has 1 aliphatic rings. The van der Waals surface area contributed by atoms with Gasteiger partial charge in [-0.15, -0.1) is 24.0 Å².